The lowest BCUT2D eigenvalue weighted by atomic mass is 9.93. The van der Waals surface area contributed by atoms with Gasteiger partial charge in [-0.2, -0.15) is 26.3 Å². The fourth-order valence-electron chi connectivity index (χ4n) is 1.70. The van der Waals surface area contributed by atoms with Gasteiger partial charge in [-0.3, -0.25) is 13.9 Å². The predicted molar refractivity (Wildman–Crippen MR) is 57.5 cm³/mol. The van der Waals surface area contributed by atoms with Crippen LogP contribution in [0.5, 0.6) is 0 Å². The maximum Gasteiger partial charge on any atom is 0.392 e. The summed E-state index contributed by atoms with van der Waals surface area (Å²) in [5, 5.41) is 1.95. The van der Waals surface area contributed by atoms with E-state index in [1.807, 2.05) is 5.32 Å². The Morgan fingerprint density at radius 1 is 1.14 bits per heavy atom. The van der Waals surface area contributed by atoms with E-state index in [9.17, 15) is 35.7 Å². The van der Waals surface area contributed by atoms with Gasteiger partial charge in [0.2, 0.25) is 0 Å². The van der Waals surface area contributed by atoms with Crippen LogP contribution in [0.15, 0.2) is 0 Å². The van der Waals surface area contributed by atoms with Crippen LogP contribution in [0.1, 0.15) is 25.7 Å². The van der Waals surface area contributed by atoms with Crippen molar-refractivity contribution >= 4 is 14.2 Å². The molecule has 1 saturated carbocycles. The molecule has 1 unspecified atom stereocenters. The highest BCUT2D eigenvalue weighted by Gasteiger charge is 2.56. The van der Waals surface area contributed by atoms with Gasteiger partial charge in [0.25, 0.3) is 5.91 Å². The van der Waals surface area contributed by atoms with Gasteiger partial charge < -0.3 is 10.2 Å². The summed E-state index contributed by atoms with van der Waals surface area (Å²) in [7, 11) is -4.20. The lowest BCUT2D eigenvalue weighted by Crippen LogP contribution is -2.53. The first-order valence-corrected chi connectivity index (χ1v) is 6.96. The first-order valence-electron chi connectivity index (χ1n) is 5.69. The number of halogens is 6. The molecule has 0 spiro atoms. The Balaban J connectivity index is 3.10. The summed E-state index contributed by atoms with van der Waals surface area (Å²) < 4.78 is 89.5. The molecule has 0 aromatic heterocycles. The molecule has 0 saturated heterocycles. The van der Waals surface area contributed by atoms with E-state index in [4.69, 9.17) is 4.89 Å². The van der Waals surface area contributed by atoms with Crippen LogP contribution < -0.4 is 5.32 Å². The van der Waals surface area contributed by atoms with Gasteiger partial charge in [-0.15, -0.1) is 0 Å². The van der Waals surface area contributed by atoms with Gasteiger partial charge in [-0.05, 0) is 12.8 Å². The van der Waals surface area contributed by atoms with Gasteiger partial charge in [0, 0.05) is 6.04 Å². The molecule has 0 radical (unpaired) electrons. The first kappa shape index (κ1) is 18.2. The van der Waals surface area contributed by atoms with Crippen LogP contribution >= 0.6 is 8.25 Å². The average molecular weight is 343 g/mol. The van der Waals surface area contributed by atoms with E-state index in [0.29, 0.717) is 12.8 Å². The second kappa shape index (κ2) is 6.13. The minimum Gasteiger partial charge on any atom is -0.351 e. The molecule has 1 amide bonds. The smallest absolute Gasteiger partial charge is 0.351 e. The van der Waals surface area contributed by atoms with Gasteiger partial charge in [-0.25, -0.2) is 0 Å². The number of rotatable bonds is 6. The molecule has 1 aliphatic rings. The van der Waals surface area contributed by atoms with Crippen LogP contribution in [-0.2, 0) is 13.9 Å². The molecule has 5 nitrogen and oxygen atoms in total. The maximum atomic E-state index is 12.5. The van der Waals surface area contributed by atoms with Crippen LogP contribution in [0.25, 0.3) is 0 Å². The summed E-state index contributed by atoms with van der Waals surface area (Å²) in [6, 6.07) is -0.539. The Hall–Kier alpha value is -0.800. The molecule has 1 rings (SSSR count). The van der Waals surface area contributed by atoms with Crippen molar-refractivity contribution in [2.75, 3.05) is 0 Å². The fraction of sp³-hybridized carbons (Fsp3) is 0.889. The van der Waals surface area contributed by atoms with Gasteiger partial charge in [0.1, 0.15) is 0 Å². The molecule has 0 aromatic rings. The molecule has 0 aliphatic heterocycles. The zero-order chi connectivity index (χ0) is 16.5. The third-order valence-corrected chi connectivity index (χ3v) is 3.15. The Bertz CT molecular complexity index is 403. The van der Waals surface area contributed by atoms with Crippen molar-refractivity contribution in [3.63, 3.8) is 0 Å². The largest absolute Gasteiger partial charge is 0.392 e. The minimum atomic E-state index is -5.19. The normalized spacial score (nSPS) is 18.4. The molecule has 0 heterocycles. The minimum absolute atomic E-state index is 0.411. The summed E-state index contributed by atoms with van der Waals surface area (Å²) in [5.74, 6) is -1.69. The van der Waals surface area contributed by atoms with Crippen molar-refractivity contribution in [3.05, 3.63) is 0 Å². The van der Waals surface area contributed by atoms with E-state index < -0.39 is 51.0 Å². The quantitative estimate of drug-likeness (QED) is 0.573. The number of nitrogens with one attached hydrogen (secondary N) is 1. The van der Waals surface area contributed by atoms with Crippen LogP contribution in [0.2, 0.25) is 0 Å². The lowest BCUT2D eigenvalue weighted by Gasteiger charge is -2.32. The van der Waals surface area contributed by atoms with E-state index in [1.165, 1.54) is 0 Å². The molecular weight excluding hydrogens is 331 g/mol. The SMILES string of the molecule is O=C(NC1CC1)C(CC(F)(F)F)(CC(F)(F)F)O[PH](=O)O. The third-order valence-electron chi connectivity index (χ3n) is 2.58. The van der Waals surface area contributed by atoms with E-state index in [0.717, 1.165) is 0 Å². The van der Waals surface area contributed by atoms with Crippen molar-refractivity contribution in [1.29, 1.82) is 0 Å². The van der Waals surface area contributed by atoms with E-state index >= 15 is 0 Å². The van der Waals surface area contributed by atoms with Gasteiger partial charge in [0.05, 0.1) is 12.8 Å². The van der Waals surface area contributed by atoms with Gasteiger partial charge >= 0.3 is 20.6 Å². The first-order chi connectivity index (χ1) is 9.33. The molecule has 12 heteroatoms. The lowest BCUT2D eigenvalue weighted by molar-refractivity contribution is -0.211. The van der Waals surface area contributed by atoms with E-state index in [2.05, 4.69) is 4.52 Å². The third kappa shape index (κ3) is 6.66. The molecular formula is C9H12F6NO4P. The fourth-order valence-corrected chi connectivity index (χ4v) is 2.27. The zero-order valence-electron chi connectivity index (χ0n) is 10.3. The highest BCUT2D eigenvalue weighted by atomic mass is 31.1. The van der Waals surface area contributed by atoms with Gasteiger partial charge in [0.15, 0.2) is 5.60 Å². The number of carbonyl (C=O) groups excluding carboxylic acids is 1. The summed E-state index contributed by atoms with van der Waals surface area (Å²) in [6.07, 6.45) is -14.2. The van der Waals surface area contributed by atoms with Crippen LogP contribution in [0.3, 0.4) is 0 Å². The highest BCUT2D eigenvalue weighted by Crippen LogP contribution is 2.43. The number of alkyl halides is 6. The Kier molecular flexibility index (Phi) is 5.33. The number of carbonyl (C=O) groups is 1. The molecule has 21 heavy (non-hydrogen) atoms. The number of hydrogen-bond acceptors (Lipinski definition) is 3. The Morgan fingerprint density at radius 2 is 1.57 bits per heavy atom. The van der Waals surface area contributed by atoms with E-state index in [-0.39, 0.29) is 0 Å². The second-order valence-corrected chi connectivity index (χ2v) is 5.43. The Labute approximate surface area is 115 Å². The van der Waals surface area contributed by atoms with Crippen molar-refractivity contribution in [1.82, 2.24) is 5.32 Å². The van der Waals surface area contributed by atoms with Crippen molar-refractivity contribution < 1.29 is 45.1 Å². The molecule has 0 aromatic carbocycles. The van der Waals surface area contributed by atoms with Crippen LogP contribution in [0, 0.1) is 0 Å². The number of hydrogen-bond donors (Lipinski definition) is 2. The predicted octanol–water partition coefficient (Wildman–Crippen LogP) is 2.31. The summed E-state index contributed by atoms with van der Waals surface area (Å²) in [6.45, 7) is 0. The molecule has 1 atom stereocenters. The van der Waals surface area contributed by atoms with Crippen LogP contribution in [-0.4, -0.2) is 34.8 Å². The molecule has 2 N–H and O–H groups in total. The second-order valence-electron chi connectivity index (χ2n) is 4.69. The van der Waals surface area contributed by atoms with Crippen molar-refractivity contribution in [3.8, 4) is 0 Å². The molecule has 1 aliphatic carbocycles. The maximum absolute atomic E-state index is 12.5. The topological polar surface area (TPSA) is 75.6 Å². The summed E-state index contributed by atoms with van der Waals surface area (Å²) >= 11 is 0. The molecule has 124 valence electrons. The van der Waals surface area contributed by atoms with E-state index in [1.54, 1.807) is 0 Å². The summed E-state index contributed by atoms with van der Waals surface area (Å²) in [5.41, 5.74) is -3.50. The number of amides is 1. The van der Waals surface area contributed by atoms with Crippen molar-refractivity contribution in [2.45, 2.75) is 49.7 Å². The summed E-state index contributed by atoms with van der Waals surface area (Å²) in [4.78, 5) is 20.3. The van der Waals surface area contributed by atoms with Crippen molar-refractivity contribution in [2.24, 2.45) is 0 Å². The van der Waals surface area contributed by atoms with Gasteiger partial charge in [-0.1, -0.05) is 0 Å². The highest BCUT2D eigenvalue weighted by molar-refractivity contribution is 7.32. The van der Waals surface area contributed by atoms with Crippen LogP contribution in [0.4, 0.5) is 26.3 Å². The molecule has 0 bridgehead atoms. The Morgan fingerprint density at radius 3 is 1.86 bits per heavy atom. The standard InChI is InChI=1S/C9H12F6NO4P/c10-8(11,12)3-7(20-21(18)19,4-9(13,14)15)6(17)16-5-1-2-5/h5,21H,1-4H2,(H,16,17)(H,18,19). The molecule has 1 fully saturated rings. The average Bonchev–Trinajstić information content (AvgIpc) is 2.93. The zero-order valence-corrected chi connectivity index (χ0v) is 11.3. The monoisotopic (exact) mass is 343 g/mol.